The molecule has 0 spiro atoms. The van der Waals surface area contributed by atoms with Gasteiger partial charge in [0, 0.05) is 5.02 Å². The summed E-state index contributed by atoms with van der Waals surface area (Å²) in [5.74, 6) is -1.20. The van der Waals surface area contributed by atoms with Crippen molar-refractivity contribution in [3.63, 3.8) is 0 Å². The van der Waals surface area contributed by atoms with Crippen LogP contribution in [0.4, 0.5) is 0 Å². The van der Waals surface area contributed by atoms with Crippen LogP contribution in [0.5, 0.6) is 5.75 Å². The predicted octanol–water partition coefficient (Wildman–Crippen LogP) is 2.16. The zero-order valence-electron chi connectivity index (χ0n) is 10.1. The molecule has 0 atom stereocenters. The molecule has 2 aromatic rings. The van der Waals surface area contributed by atoms with Crippen LogP contribution in [0.1, 0.15) is 10.4 Å². The topological polar surface area (TPSA) is 83.5 Å². The van der Waals surface area contributed by atoms with E-state index in [9.17, 15) is 18.3 Å². The van der Waals surface area contributed by atoms with Gasteiger partial charge in [-0.05, 0) is 36.4 Å². The average molecular weight is 312 g/mol. The molecule has 0 radical (unpaired) electrons. The van der Waals surface area contributed by atoms with Crippen LogP contribution < -0.4 is 4.72 Å². The fraction of sp³-hybridized carbons (Fsp3) is 0. The number of amides is 1. The van der Waals surface area contributed by atoms with Crippen molar-refractivity contribution in [3.05, 3.63) is 59.1 Å². The quantitative estimate of drug-likeness (QED) is 0.910. The van der Waals surface area contributed by atoms with Crippen molar-refractivity contribution < 1.29 is 18.3 Å². The maximum absolute atomic E-state index is 12.0. The molecule has 0 aliphatic heterocycles. The number of phenolic OH excluding ortho intramolecular Hbond substituents is 1. The van der Waals surface area contributed by atoms with E-state index < -0.39 is 15.9 Å². The largest absolute Gasteiger partial charge is 0.507 e. The van der Waals surface area contributed by atoms with Crippen LogP contribution in [0.25, 0.3) is 0 Å². The van der Waals surface area contributed by atoms with Gasteiger partial charge < -0.3 is 5.11 Å². The van der Waals surface area contributed by atoms with E-state index in [0.717, 1.165) is 0 Å². The molecule has 5 nitrogen and oxygen atoms in total. The average Bonchev–Trinajstić information content (AvgIpc) is 2.39. The van der Waals surface area contributed by atoms with Crippen molar-refractivity contribution in [2.45, 2.75) is 4.90 Å². The molecule has 7 heteroatoms. The number of hydrogen-bond donors (Lipinski definition) is 2. The summed E-state index contributed by atoms with van der Waals surface area (Å²) in [6.07, 6.45) is 0. The highest BCUT2D eigenvalue weighted by Crippen LogP contribution is 2.17. The first-order chi connectivity index (χ1) is 9.40. The van der Waals surface area contributed by atoms with Crippen LogP contribution in [0.15, 0.2) is 53.4 Å². The molecule has 0 aromatic heterocycles. The van der Waals surface area contributed by atoms with Crippen molar-refractivity contribution in [1.29, 1.82) is 0 Å². The minimum Gasteiger partial charge on any atom is -0.507 e. The van der Waals surface area contributed by atoms with E-state index in [1.165, 1.54) is 48.5 Å². The van der Waals surface area contributed by atoms with Gasteiger partial charge in [0.1, 0.15) is 5.75 Å². The first kappa shape index (κ1) is 14.4. The summed E-state index contributed by atoms with van der Waals surface area (Å²) in [4.78, 5) is 11.8. The zero-order valence-corrected chi connectivity index (χ0v) is 11.6. The first-order valence-corrected chi connectivity index (χ1v) is 7.37. The number of carbonyl (C=O) groups excluding carboxylic acids is 1. The van der Waals surface area contributed by atoms with Gasteiger partial charge in [0.15, 0.2) is 0 Å². The number of para-hydroxylation sites is 1. The second-order valence-corrected chi connectivity index (χ2v) is 6.02. The third-order valence-corrected chi connectivity index (χ3v) is 4.10. The van der Waals surface area contributed by atoms with Gasteiger partial charge >= 0.3 is 0 Å². The predicted molar refractivity (Wildman–Crippen MR) is 74.2 cm³/mol. The fourth-order valence-electron chi connectivity index (χ4n) is 1.52. The lowest BCUT2D eigenvalue weighted by atomic mass is 10.2. The third kappa shape index (κ3) is 3.09. The Labute approximate surface area is 120 Å². The third-order valence-electron chi connectivity index (χ3n) is 2.50. The molecule has 0 saturated carbocycles. The molecule has 1 amide bonds. The summed E-state index contributed by atoms with van der Waals surface area (Å²) in [5.41, 5.74) is -0.120. The van der Waals surface area contributed by atoms with E-state index in [4.69, 9.17) is 11.6 Å². The number of hydrogen-bond acceptors (Lipinski definition) is 4. The smallest absolute Gasteiger partial charge is 0.268 e. The zero-order chi connectivity index (χ0) is 14.8. The fourth-order valence-corrected chi connectivity index (χ4v) is 2.61. The van der Waals surface area contributed by atoms with Gasteiger partial charge in [-0.1, -0.05) is 23.7 Å². The Kier molecular flexibility index (Phi) is 3.96. The van der Waals surface area contributed by atoms with Crippen molar-refractivity contribution in [1.82, 2.24) is 4.72 Å². The highest BCUT2D eigenvalue weighted by molar-refractivity contribution is 7.90. The molecule has 2 rings (SSSR count). The Morgan fingerprint density at radius 2 is 1.65 bits per heavy atom. The summed E-state index contributed by atoms with van der Waals surface area (Å²) in [6.45, 7) is 0. The number of halogens is 1. The minimum absolute atomic E-state index is 0.0920. The van der Waals surface area contributed by atoms with Gasteiger partial charge in [-0.15, -0.1) is 0 Å². The van der Waals surface area contributed by atoms with Gasteiger partial charge in [0.05, 0.1) is 10.5 Å². The van der Waals surface area contributed by atoms with Crippen molar-refractivity contribution in [2.75, 3.05) is 0 Å². The Morgan fingerprint density at radius 3 is 2.25 bits per heavy atom. The summed E-state index contributed by atoms with van der Waals surface area (Å²) in [6, 6.07) is 11.0. The van der Waals surface area contributed by atoms with Gasteiger partial charge in [-0.25, -0.2) is 13.1 Å². The lowest BCUT2D eigenvalue weighted by molar-refractivity contribution is 0.0979. The number of aromatic hydroxyl groups is 1. The molecule has 104 valence electrons. The van der Waals surface area contributed by atoms with Gasteiger partial charge in [0.2, 0.25) is 0 Å². The lowest BCUT2D eigenvalue weighted by Gasteiger charge is -2.08. The molecule has 2 aromatic carbocycles. The van der Waals surface area contributed by atoms with Crippen LogP contribution in [-0.2, 0) is 10.0 Å². The van der Waals surface area contributed by atoms with Crippen LogP contribution in [0.2, 0.25) is 5.02 Å². The molecule has 0 aliphatic carbocycles. The minimum atomic E-state index is -4.01. The summed E-state index contributed by atoms with van der Waals surface area (Å²) < 4.78 is 25.8. The van der Waals surface area contributed by atoms with E-state index in [1.54, 1.807) is 0 Å². The van der Waals surface area contributed by atoms with E-state index in [0.29, 0.717) is 5.02 Å². The number of phenols is 1. The second-order valence-electron chi connectivity index (χ2n) is 3.91. The molecule has 0 fully saturated rings. The molecule has 0 bridgehead atoms. The number of nitrogens with one attached hydrogen (secondary N) is 1. The summed E-state index contributed by atoms with van der Waals surface area (Å²) in [5, 5.41) is 9.90. The van der Waals surface area contributed by atoms with E-state index in [-0.39, 0.29) is 16.2 Å². The summed E-state index contributed by atoms with van der Waals surface area (Å²) >= 11 is 5.67. The molecule has 0 heterocycles. The maximum atomic E-state index is 12.0. The number of sulfonamides is 1. The Bertz CT molecular complexity index is 741. The van der Waals surface area contributed by atoms with E-state index >= 15 is 0 Å². The maximum Gasteiger partial charge on any atom is 0.268 e. The Morgan fingerprint density at radius 1 is 1.05 bits per heavy atom. The Hall–Kier alpha value is -2.05. The first-order valence-electron chi connectivity index (χ1n) is 5.51. The second kappa shape index (κ2) is 5.52. The number of carbonyl (C=O) groups is 1. The van der Waals surface area contributed by atoms with Crippen LogP contribution in [0, 0.1) is 0 Å². The molecular formula is C13H10ClNO4S. The molecular weight excluding hydrogens is 302 g/mol. The lowest BCUT2D eigenvalue weighted by Crippen LogP contribution is -2.30. The normalized spacial score (nSPS) is 11.1. The van der Waals surface area contributed by atoms with Crippen LogP contribution >= 0.6 is 11.6 Å². The number of benzene rings is 2. The van der Waals surface area contributed by atoms with E-state index in [2.05, 4.69) is 0 Å². The molecule has 0 saturated heterocycles. The number of rotatable bonds is 3. The monoisotopic (exact) mass is 311 g/mol. The molecule has 2 N–H and O–H groups in total. The van der Waals surface area contributed by atoms with Gasteiger partial charge in [-0.3, -0.25) is 4.79 Å². The molecule has 0 aliphatic rings. The van der Waals surface area contributed by atoms with Crippen LogP contribution in [-0.4, -0.2) is 19.4 Å². The standard InChI is InChI=1S/C13H10ClNO4S/c14-9-5-7-10(8-6-9)20(18,19)15-13(17)11-3-1-2-4-12(11)16/h1-8,16H,(H,15,17). The summed E-state index contributed by atoms with van der Waals surface area (Å²) in [7, 11) is -4.01. The Balaban J connectivity index is 2.27. The van der Waals surface area contributed by atoms with E-state index in [1.807, 2.05) is 4.72 Å². The highest BCUT2D eigenvalue weighted by Gasteiger charge is 2.20. The highest BCUT2D eigenvalue weighted by atomic mass is 35.5. The molecule has 20 heavy (non-hydrogen) atoms. The SMILES string of the molecule is O=C(NS(=O)(=O)c1ccc(Cl)cc1)c1ccccc1O. The van der Waals surface area contributed by atoms with Crippen molar-refractivity contribution in [3.8, 4) is 5.75 Å². The van der Waals surface area contributed by atoms with Gasteiger partial charge in [-0.2, -0.15) is 0 Å². The molecule has 0 unspecified atom stereocenters. The van der Waals surface area contributed by atoms with Crippen LogP contribution in [0.3, 0.4) is 0 Å². The van der Waals surface area contributed by atoms with Crippen molar-refractivity contribution >= 4 is 27.5 Å². The van der Waals surface area contributed by atoms with Gasteiger partial charge in [0.25, 0.3) is 15.9 Å². The van der Waals surface area contributed by atoms with Crippen molar-refractivity contribution in [2.24, 2.45) is 0 Å².